The molecule has 0 saturated heterocycles. The Balaban J connectivity index is 2.05. The topological polar surface area (TPSA) is 37.8 Å². The molecule has 94 valence electrons. The maximum atomic E-state index is 4.44. The molecular formula is C14H23N3. The molecule has 1 aliphatic rings. The van der Waals surface area contributed by atoms with Crippen LogP contribution in [-0.2, 0) is 0 Å². The van der Waals surface area contributed by atoms with Gasteiger partial charge < -0.3 is 5.32 Å². The van der Waals surface area contributed by atoms with Gasteiger partial charge >= 0.3 is 0 Å². The summed E-state index contributed by atoms with van der Waals surface area (Å²) in [5, 5.41) is 3.53. The number of anilines is 1. The predicted octanol–water partition coefficient (Wildman–Crippen LogP) is 3.41. The third kappa shape index (κ3) is 3.18. The molecule has 3 nitrogen and oxygen atoms in total. The van der Waals surface area contributed by atoms with E-state index in [1.807, 2.05) is 19.2 Å². The molecule has 0 aliphatic heterocycles. The Hall–Kier alpha value is -1.12. The van der Waals surface area contributed by atoms with Gasteiger partial charge in [-0.05, 0) is 37.7 Å². The van der Waals surface area contributed by atoms with E-state index < -0.39 is 0 Å². The first-order valence-corrected chi connectivity index (χ1v) is 6.73. The second kappa shape index (κ2) is 5.48. The van der Waals surface area contributed by atoms with Gasteiger partial charge in [-0.1, -0.05) is 26.7 Å². The quantitative estimate of drug-likeness (QED) is 0.869. The second-order valence-electron chi connectivity index (χ2n) is 5.46. The molecule has 3 heteroatoms. The van der Waals surface area contributed by atoms with Crippen LogP contribution in [0.1, 0.15) is 45.2 Å². The highest BCUT2D eigenvalue weighted by molar-refractivity contribution is 5.27. The van der Waals surface area contributed by atoms with Crippen molar-refractivity contribution in [1.82, 2.24) is 9.97 Å². The van der Waals surface area contributed by atoms with E-state index in [0.717, 1.165) is 23.5 Å². The van der Waals surface area contributed by atoms with Crippen LogP contribution in [0, 0.1) is 18.8 Å². The van der Waals surface area contributed by atoms with Gasteiger partial charge in [0.05, 0.1) is 0 Å². The molecular weight excluding hydrogens is 210 g/mol. The van der Waals surface area contributed by atoms with Gasteiger partial charge in [0.2, 0.25) is 5.95 Å². The Morgan fingerprint density at radius 3 is 2.76 bits per heavy atom. The van der Waals surface area contributed by atoms with Crippen molar-refractivity contribution < 1.29 is 0 Å². The summed E-state index contributed by atoms with van der Waals surface area (Å²) in [7, 11) is 0. The molecule has 2 unspecified atom stereocenters. The van der Waals surface area contributed by atoms with Crippen molar-refractivity contribution in [3.8, 4) is 0 Å². The molecule has 1 fully saturated rings. The van der Waals surface area contributed by atoms with Crippen molar-refractivity contribution in [2.24, 2.45) is 11.8 Å². The average molecular weight is 233 g/mol. The zero-order chi connectivity index (χ0) is 12.3. The summed E-state index contributed by atoms with van der Waals surface area (Å²) in [6, 6.07) is 2.48. The summed E-state index contributed by atoms with van der Waals surface area (Å²) in [6.07, 6.45) is 7.11. The first-order chi connectivity index (χ1) is 8.16. The first kappa shape index (κ1) is 12.3. The van der Waals surface area contributed by atoms with Gasteiger partial charge in [0.1, 0.15) is 0 Å². The van der Waals surface area contributed by atoms with E-state index in [9.17, 15) is 0 Å². The van der Waals surface area contributed by atoms with Crippen molar-refractivity contribution >= 4 is 5.95 Å². The van der Waals surface area contributed by atoms with Crippen LogP contribution in [-0.4, -0.2) is 16.0 Å². The molecule has 1 saturated carbocycles. The van der Waals surface area contributed by atoms with Crippen molar-refractivity contribution in [3.05, 3.63) is 18.0 Å². The van der Waals surface area contributed by atoms with E-state index in [0.29, 0.717) is 6.04 Å². The lowest BCUT2D eigenvalue weighted by molar-refractivity contribution is 0.253. The summed E-state index contributed by atoms with van der Waals surface area (Å²) in [4.78, 5) is 8.74. The Bertz CT molecular complexity index is 362. The fourth-order valence-corrected chi connectivity index (χ4v) is 2.82. The largest absolute Gasteiger partial charge is 0.351 e. The van der Waals surface area contributed by atoms with Crippen LogP contribution in [0.5, 0.6) is 0 Å². The highest BCUT2D eigenvalue weighted by atomic mass is 15.1. The number of aryl methyl sites for hydroxylation is 1. The van der Waals surface area contributed by atoms with Gasteiger partial charge in [0.15, 0.2) is 0 Å². The Morgan fingerprint density at radius 2 is 2.06 bits per heavy atom. The molecule has 0 spiro atoms. The third-order valence-electron chi connectivity index (χ3n) is 3.79. The lowest BCUT2D eigenvalue weighted by Gasteiger charge is -2.34. The number of aromatic nitrogens is 2. The molecule has 2 atom stereocenters. The van der Waals surface area contributed by atoms with E-state index >= 15 is 0 Å². The SMILES string of the molecule is Cc1ccnc(NC2CCCCC2C(C)C)n1. The average Bonchev–Trinajstić information content (AvgIpc) is 2.29. The maximum Gasteiger partial charge on any atom is 0.223 e. The normalized spacial score (nSPS) is 24.9. The highest BCUT2D eigenvalue weighted by Crippen LogP contribution is 2.31. The van der Waals surface area contributed by atoms with Crippen LogP contribution in [0.4, 0.5) is 5.95 Å². The minimum atomic E-state index is 0.547. The molecule has 1 N–H and O–H groups in total. The van der Waals surface area contributed by atoms with E-state index in [2.05, 4.69) is 29.1 Å². The van der Waals surface area contributed by atoms with Gasteiger partial charge in [-0.15, -0.1) is 0 Å². The van der Waals surface area contributed by atoms with E-state index in [4.69, 9.17) is 0 Å². The summed E-state index contributed by atoms with van der Waals surface area (Å²) in [6.45, 7) is 6.65. The monoisotopic (exact) mass is 233 g/mol. The van der Waals surface area contributed by atoms with Gasteiger partial charge in [-0.25, -0.2) is 9.97 Å². The number of hydrogen-bond acceptors (Lipinski definition) is 3. The van der Waals surface area contributed by atoms with Crippen LogP contribution in [0.15, 0.2) is 12.3 Å². The molecule has 0 bridgehead atoms. The fraction of sp³-hybridized carbons (Fsp3) is 0.714. The lowest BCUT2D eigenvalue weighted by atomic mass is 9.78. The van der Waals surface area contributed by atoms with E-state index in [1.165, 1.54) is 25.7 Å². The van der Waals surface area contributed by atoms with Crippen molar-refractivity contribution in [2.45, 2.75) is 52.5 Å². The highest BCUT2D eigenvalue weighted by Gasteiger charge is 2.27. The third-order valence-corrected chi connectivity index (χ3v) is 3.79. The predicted molar refractivity (Wildman–Crippen MR) is 71.0 cm³/mol. The van der Waals surface area contributed by atoms with Gasteiger partial charge in [-0.3, -0.25) is 0 Å². The zero-order valence-corrected chi connectivity index (χ0v) is 11.1. The first-order valence-electron chi connectivity index (χ1n) is 6.73. The van der Waals surface area contributed by atoms with Crippen molar-refractivity contribution in [2.75, 3.05) is 5.32 Å². The molecule has 0 radical (unpaired) electrons. The number of rotatable bonds is 3. The minimum absolute atomic E-state index is 0.547. The van der Waals surface area contributed by atoms with Crippen LogP contribution in [0.2, 0.25) is 0 Å². The van der Waals surface area contributed by atoms with E-state index in [1.54, 1.807) is 0 Å². The summed E-state index contributed by atoms with van der Waals surface area (Å²) in [5.41, 5.74) is 1.03. The molecule has 1 heterocycles. The molecule has 1 aromatic rings. The maximum absolute atomic E-state index is 4.44. The van der Waals surface area contributed by atoms with Crippen molar-refractivity contribution in [3.63, 3.8) is 0 Å². The van der Waals surface area contributed by atoms with Crippen LogP contribution >= 0.6 is 0 Å². The number of nitrogens with zero attached hydrogens (tertiary/aromatic N) is 2. The molecule has 0 aromatic carbocycles. The molecule has 1 aromatic heterocycles. The second-order valence-corrected chi connectivity index (χ2v) is 5.46. The molecule has 1 aliphatic carbocycles. The van der Waals surface area contributed by atoms with Crippen molar-refractivity contribution in [1.29, 1.82) is 0 Å². The Kier molecular flexibility index (Phi) is 3.97. The van der Waals surface area contributed by atoms with E-state index in [-0.39, 0.29) is 0 Å². The fourth-order valence-electron chi connectivity index (χ4n) is 2.82. The summed E-state index contributed by atoms with van der Waals surface area (Å²) < 4.78 is 0. The molecule has 2 rings (SSSR count). The van der Waals surface area contributed by atoms with Gasteiger partial charge in [0.25, 0.3) is 0 Å². The summed E-state index contributed by atoms with van der Waals surface area (Å²) >= 11 is 0. The zero-order valence-electron chi connectivity index (χ0n) is 11.1. The van der Waals surface area contributed by atoms with Crippen LogP contribution in [0.3, 0.4) is 0 Å². The minimum Gasteiger partial charge on any atom is -0.351 e. The van der Waals surface area contributed by atoms with Crippen LogP contribution < -0.4 is 5.32 Å². The number of hydrogen-bond donors (Lipinski definition) is 1. The standard InChI is InChI=1S/C14H23N3/c1-10(2)12-6-4-5-7-13(12)17-14-15-9-8-11(3)16-14/h8-10,12-13H,4-7H2,1-3H3,(H,15,16,17). The van der Waals surface area contributed by atoms with Crippen LogP contribution in [0.25, 0.3) is 0 Å². The Morgan fingerprint density at radius 1 is 1.29 bits per heavy atom. The Labute approximate surface area is 104 Å². The molecule has 17 heavy (non-hydrogen) atoms. The smallest absolute Gasteiger partial charge is 0.223 e. The summed E-state index contributed by atoms with van der Waals surface area (Å²) in [5.74, 6) is 2.29. The van der Waals surface area contributed by atoms with Gasteiger partial charge in [-0.2, -0.15) is 0 Å². The number of nitrogens with one attached hydrogen (secondary N) is 1. The van der Waals surface area contributed by atoms with Gasteiger partial charge in [0, 0.05) is 17.9 Å². The molecule has 0 amide bonds. The lowest BCUT2D eigenvalue weighted by Crippen LogP contribution is -2.35.